The molecule has 3 aromatic rings. The van der Waals surface area contributed by atoms with Crippen molar-refractivity contribution < 1.29 is 19.0 Å². The second kappa shape index (κ2) is 9.38. The highest BCUT2D eigenvalue weighted by Gasteiger charge is 2.33. The van der Waals surface area contributed by atoms with Crippen LogP contribution in [0.3, 0.4) is 0 Å². The molecule has 1 amide bonds. The summed E-state index contributed by atoms with van der Waals surface area (Å²) in [5, 5.41) is 12.7. The number of nitrogens with two attached hydrogens (primary N) is 1. The third-order valence-electron chi connectivity index (χ3n) is 6.22. The number of halogens is 2. The van der Waals surface area contributed by atoms with Crippen molar-refractivity contribution in [2.75, 3.05) is 5.73 Å². The number of imidazole rings is 1. The molecule has 1 saturated carbocycles. The van der Waals surface area contributed by atoms with E-state index in [9.17, 15) is 9.90 Å². The number of fused-ring (bicyclic) bond motifs is 1. The summed E-state index contributed by atoms with van der Waals surface area (Å²) in [5.41, 5.74) is 7.67. The van der Waals surface area contributed by atoms with Crippen molar-refractivity contribution in [1.29, 1.82) is 0 Å². The lowest BCUT2D eigenvalue weighted by atomic mass is 9.95. The molecule has 1 fully saturated rings. The smallest absolute Gasteiger partial charge is 0.258 e. The third-order valence-corrected chi connectivity index (χ3v) is 6.49. The fourth-order valence-electron chi connectivity index (χ4n) is 4.58. The number of carbonyl (C=O) groups excluding carboxylic acids is 1. The van der Waals surface area contributed by atoms with Gasteiger partial charge in [-0.25, -0.2) is 14.4 Å². The van der Waals surface area contributed by atoms with Gasteiger partial charge in [0.2, 0.25) is 0 Å². The van der Waals surface area contributed by atoms with Crippen LogP contribution in [0.15, 0.2) is 18.5 Å². The van der Waals surface area contributed by atoms with Gasteiger partial charge in [-0.3, -0.25) is 9.20 Å². The van der Waals surface area contributed by atoms with Gasteiger partial charge in [-0.2, -0.15) is 0 Å². The number of carbonyl (C=O) groups is 1. The fraction of sp³-hybridized carbons (Fsp3) is 0.458. The van der Waals surface area contributed by atoms with E-state index in [1.54, 1.807) is 26.2 Å². The number of aliphatic hydroxyl groups is 1. The zero-order chi connectivity index (χ0) is 24.7. The highest BCUT2D eigenvalue weighted by atomic mass is 35.5. The number of nitrogen functional groups attached to an aromatic ring is 1. The largest absolute Gasteiger partial charge is 0.490 e. The number of aliphatic hydroxyl groups excluding tert-OH is 1. The first-order chi connectivity index (χ1) is 16.1. The molecule has 10 heteroatoms. The lowest BCUT2D eigenvalue weighted by Gasteiger charge is -2.24. The molecular formula is C24H29ClFN5O3. The van der Waals surface area contributed by atoms with Crippen LogP contribution >= 0.6 is 11.6 Å². The molecule has 0 aliphatic heterocycles. The first kappa shape index (κ1) is 24.2. The molecule has 2 heterocycles. The molecule has 1 aliphatic carbocycles. The summed E-state index contributed by atoms with van der Waals surface area (Å²) < 4.78 is 23.1. The van der Waals surface area contributed by atoms with Crippen molar-refractivity contribution in [1.82, 2.24) is 19.7 Å². The van der Waals surface area contributed by atoms with E-state index >= 15 is 4.39 Å². The quantitative estimate of drug-likeness (QED) is 0.482. The van der Waals surface area contributed by atoms with Crippen LogP contribution in [0.1, 0.15) is 73.4 Å². The Morgan fingerprint density at radius 1 is 1.38 bits per heavy atom. The van der Waals surface area contributed by atoms with Gasteiger partial charge in [0.15, 0.2) is 5.82 Å². The number of nitrogens with zero attached hydrogens (tertiary/aromatic N) is 3. The number of rotatable bonds is 6. The molecule has 4 rings (SSSR count). The highest BCUT2D eigenvalue weighted by Crippen LogP contribution is 2.40. The van der Waals surface area contributed by atoms with Gasteiger partial charge < -0.3 is 20.9 Å². The molecular weight excluding hydrogens is 461 g/mol. The van der Waals surface area contributed by atoms with Gasteiger partial charge in [-0.15, -0.1) is 0 Å². The molecule has 2 aromatic heterocycles. The minimum absolute atomic E-state index is 0.103. The van der Waals surface area contributed by atoms with Crippen molar-refractivity contribution in [2.24, 2.45) is 0 Å². The van der Waals surface area contributed by atoms with Crippen molar-refractivity contribution in [3.8, 4) is 5.75 Å². The molecule has 0 radical (unpaired) electrons. The maximum atomic E-state index is 15.3. The number of benzene rings is 1. The van der Waals surface area contributed by atoms with E-state index in [0.717, 1.165) is 6.42 Å². The maximum Gasteiger partial charge on any atom is 0.258 e. The molecule has 4 N–H and O–H groups in total. The zero-order valence-corrected chi connectivity index (χ0v) is 20.4. The molecule has 0 saturated heterocycles. The number of amides is 1. The van der Waals surface area contributed by atoms with E-state index in [0.29, 0.717) is 41.3 Å². The summed E-state index contributed by atoms with van der Waals surface area (Å²) in [5.74, 6) is -0.903. The second-order valence-electron chi connectivity index (χ2n) is 9.02. The van der Waals surface area contributed by atoms with E-state index in [2.05, 4.69) is 15.3 Å². The highest BCUT2D eigenvalue weighted by molar-refractivity contribution is 6.31. The Morgan fingerprint density at radius 3 is 2.76 bits per heavy atom. The Bertz CT molecular complexity index is 1250. The summed E-state index contributed by atoms with van der Waals surface area (Å²) in [4.78, 5) is 22.1. The van der Waals surface area contributed by atoms with Crippen LogP contribution in [0.25, 0.3) is 5.52 Å². The summed E-state index contributed by atoms with van der Waals surface area (Å²) >= 11 is 6.28. The number of anilines is 1. The number of hydrogen-bond donors (Lipinski definition) is 3. The number of ether oxygens (including phenoxy) is 1. The summed E-state index contributed by atoms with van der Waals surface area (Å²) in [7, 11) is 0. The molecule has 8 nitrogen and oxygen atoms in total. The molecule has 1 aliphatic rings. The first-order valence-electron chi connectivity index (χ1n) is 11.4. The number of hydrogen-bond acceptors (Lipinski definition) is 6. The van der Waals surface area contributed by atoms with Crippen LogP contribution in [-0.4, -0.2) is 43.6 Å². The molecule has 1 aromatic carbocycles. The Labute approximate surface area is 202 Å². The fourth-order valence-corrected chi connectivity index (χ4v) is 4.79. The van der Waals surface area contributed by atoms with Gasteiger partial charge in [0.05, 0.1) is 29.0 Å². The van der Waals surface area contributed by atoms with Gasteiger partial charge in [0.1, 0.15) is 28.5 Å². The predicted octanol–water partition coefficient (Wildman–Crippen LogP) is 3.99. The van der Waals surface area contributed by atoms with Crippen LogP contribution in [0.4, 0.5) is 10.2 Å². The van der Waals surface area contributed by atoms with E-state index in [-0.39, 0.29) is 22.4 Å². The molecule has 182 valence electrons. The van der Waals surface area contributed by atoms with Gasteiger partial charge in [-0.05, 0) is 46.1 Å². The normalized spacial score (nSPS) is 19.1. The summed E-state index contributed by atoms with van der Waals surface area (Å²) in [6.45, 7) is 7.30. The number of nitrogens with one attached hydrogen (secondary N) is 1. The predicted molar refractivity (Wildman–Crippen MR) is 128 cm³/mol. The molecule has 0 spiro atoms. The summed E-state index contributed by atoms with van der Waals surface area (Å²) in [6.07, 6.45) is 4.31. The number of aromatic nitrogens is 3. The van der Waals surface area contributed by atoms with Crippen LogP contribution in [-0.2, 0) is 0 Å². The topological polar surface area (TPSA) is 115 Å². The van der Waals surface area contributed by atoms with Gasteiger partial charge in [-0.1, -0.05) is 18.5 Å². The lowest BCUT2D eigenvalue weighted by Crippen LogP contribution is -2.40. The van der Waals surface area contributed by atoms with Gasteiger partial charge in [0, 0.05) is 23.9 Å². The van der Waals surface area contributed by atoms with Crippen molar-refractivity contribution in [3.63, 3.8) is 0 Å². The monoisotopic (exact) mass is 489 g/mol. The summed E-state index contributed by atoms with van der Waals surface area (Å²) in [6, 6.07) is 1.02. The number of aryl methyl sites for hydroxylation is 1. The van der Waals surface area contributed by atoms with Crippen LogP contribution in [0.5, 0.6) is 5.75 Å². The van der Waals surface area contributed by atoms with Crippen LogP contribution < -0.4 is 15.8 Å². The van der Waals surface area contributed by atoms with Gasteiger partial charge >= 0.3 is 0 Å². The maximum absolute atomic E-state index is 15.3. The van der Waals surface area contributed by atoms with Crippen LogP contribution in [0, 0.1) is 12.7 Å². The average molecular weight is 490 g/mol. The standard InChI is InChI=1S/C24H29ClFN5O3/c1-11(2)34-21-14(12(3)23-29-13(4)20-22(27)28-8-9-31(20)23)10-15(25)19(26)18(21)24(33)30-16-6-5-7-17(16)32/h8-12,16-17,32H,5-7H2,1-4H3,(H2,27,28)(H,30,33)/t12?,16-,17-/m1/s1. The molecule has 3 atom stereocenters. The Morgan fingerprint density at radius 2 is 2.12 bits per heavy atom. The van der Waals surface area contributed by atoms with E-state index < -0.39 is 29.8 Å². The molecule has 1 unspecified atom stereocenters. The van der Waals surface area contributed by atoms with E-state index in [1.165, 1.54) is 6.07 Å². The Balaban J connectivity index is 1.86. The average Bonchev–Trinajstić information content (AvgIpc) is 3.33. The first-order valence-corrected chi connectivity index (χ1v) is 11.7. The Hall–Kier alpha value is -2.91. The van der Waals surface area contributed by atoms with Crippen molar-refractivity contribution in [3.05, 3.63) is 51.9 Å². The van der Waals surface area contributed by atoms with Crippen molar-refractivity contribution in [2.45, 2.75) is 71.1 Å². The zero-order valence-electron chi connectivity index (χ0n) is 19.6. The SMILES string of the molecule is Cc1nc(C(C)c2cc(Cl)c(F)c(C(=O)N[C@@H]3CCC[C@H]3O)c2OC(C)C)n2ccnc(N)c12. The van der Waals surface area contributed by atoms with Crippen molar-refractivity contribution >= 4 is 28.8 Å². The van der Waals surface area contributed by atoms with E-state index in [4.69, 9.17) is 22.1 Å². The van der Waals surface area contributed by atoms with Gasteiger partial charge in [0.25, 0.3) is 5.91 Å². The Kier molecular flexibility index (Phi) is 6.69. The third kappa shape index (κ3) is 4.30. The van der Waals surface area contributed by atoms with Crippen LogP contribution in [0.2, 0.25) is 5.02 Å². The minimum atomic E-state index is -0.865. The molecule has 34 heavy (non-hydrogen) atoms. The lowest BCUT2D eigenvalue weighted by molar-refractivity contribution is 0.0863. The molecule has 0 bridgehead atoms. The second-order valence-corrected chi connectivity index (χ2v) is 9.43. The minimum Gasteiger partial charge on any atom is -0.490 e. The van der Waals surface area contributed by atoms with E-state index in [1.807, 2.05) is 18.2 Å².